The number of nitrogens with two attached hydrogens (primary N) is 1. The highest BCUT2D eigenvalue weighted by molar-refractivity contribution is 6.07. The van der Waals surface area contributed by atoms with E-state index in [4.69, 9.17) is 5.73 Å². The lowest BCUT2D eigenvalue weighted by Crippen LogP contribution is -2.39. The maximum absolute atomic E-state index is 13.0. The van der Waals surface area contributed by atoms with Gasteiger partial charge < -0.3 is 15.5 Å². The van der Waals surface area contributed by atoms with Crippen molar-refractivity contribution < 1.29 is 9.59 Å². The number of benzene rings is 2. The first-order valence-corrected chi connectivity index (χ1v) is 9.47. The van der Waals surface area contributed by atoms with Crippen molar-refractivity contribution in [3.63, 3.8) is 0 Å². The lowest BCUT2D eigenvalue weighted by atomic mass is 10.1. The molecule has 3 N–H and O–H groups in total. The van der Waals surface area contributed by atoms with Crippen LogP contribution in [0.4, 0.5) is 11.5 Å². The van der Waals surface area contributed by atoms with Crippen molar-refractivity contribution in [1.82, 2.24) is 14.5 Å². The summed E-state index contributed by atoms with van der Waals surface area (Å²) in [7, 11) is 4.67. The number of H-pyrrole nitrogens is 1. The van der Waals surface area contributed by atoms with Crippen LogP contribution in [0.15, 0.2) is 64.2 Å². The van der Waals surface area contributed by atoms with Gasteiger partial charge in [0.25, 0.3) is 17.4 Å². The third-order valence-electron chi connectivity index (χ3n) is 4.82. The van der Waals surface area contributed by atoms with Gasteiger partial charge in [0, 0.05) is 32.3 Å². The monoisotopic (exact) mass is 421 g/mol. The molecule has 3 aromatic rings. The summed E-state index contributed by atoms with van der Waals surface area (Å²) in [5.41, 5.74) is 6.09. The Morgan fingerprint density at radius 2 is 1.45 bits per heavy atom. The van der Waals surface area contributed by atoms with Gasteiger partial charge in [0.05, 0.1) is 6.54 Å². The number of anilines is 2. The fourth-order valence-corrected chi connectivity index (χ4v) is 3.13. The molecule has 2 amide bonds. The van der Waals surface area contributed by atoms with Crippen molar-refractivity contribution in [2.24, 2.45) is 0 Å². The highest BCUT2D eigenvalue weighted by atomic mass is 16.2. The molecule has 1 heterocycles. The minimum absolute atomic E-state index is 0.118. The Labute approximate surface area is 178 Å². The summed E-state index contributed by atoms with van der Waals surface area (Å²) in [6, 6.07) is 15.2. The number of carbonyl (C=O) groups excluding carboxylic acids is 2. The number of nitrogens with zero attached hydrogens (tertiary/aromatic N) is 3. The summed E-state index contributed by atoms with van der Waals surface area (Å²) in [6.07, 6.45) is 0. The van der Waals surface area contributed by atoms with Crippen LogP contribution in [-0.4, -0.2) is 47.4 Å². The van der Waals surface area contributed by atoms with E-state index in [-0.39, 0.29) is 29.5 Å². The Balaban J connectivity index is 1.95. The molecule has 0 atom stereocenters. The molecule has 9 heteroatoms. The number of carbonyl (C=O) groups is 2. The lowest BCUT2D eigenvalue weighted by molar-refractivity contribution is 0.0827. The summed E-state index contributed by atoms with van der Waals surface area (Å²) < 4.78 is 1.20. The maximum Gasteiger partial charge on any atom is 0.330 e. The minimum atomic E-state index is -0.762. The Bertz CT molecular complexity index is 1230. The van der Waals surface area contributed by atoms with Crippen LogP contribution < -0.4 is 21.9 Å². The zero-order valence-electron chi connectivity index (χ0n) is 17.5. The molecule has 0 aliphatic heterocycles. The van der Waals surface area contributed by atoms with Gasteiger partial charge in [-0.3, -0.25) is 23.9 Å². The molecule has 0 fully saturated rings. The second-order valence-electron chi connectivity index (χ2n) is 7.21. The molecule has 3 rings (SSSR count). The molecule has 31 heavy (non-hydrogen) atoms. The highest BCUT2D eigenvalue weighted by Gasteiger charge is 2.22. The van der Waals surface area contributed by atoms with E-state index in [1.807, 2.05) is 30.3 Å². The fraction of sp³-hybridized carbons (Fsp3) is 0.182. The summed E-state index contributed by atoms with van der Waals surface area (Å²) >= 11 is 0. The lowest BCUT2D eigenvalue weighted by Gasteiger charge is -2.20. The number of hydrogen-bond acceptors (Lipinski definition) is 5. The molecular weight excluding hydrogens is 398 g/mol. The number of aromatic nitrogens is 2. The molecule has 2 aromatic carbocycles. The second kappa shape index (κ2) is 8.70. The van der Waals surface area contributed by atoms with E-state index in [0.29, 0.717) is 5.56 Å². The SMILES string of the molecule is CN(C)C(=O)c1ccc(C(=O)N(C)c2c(N)n(Cc3ccccc3)c(=O)[nH]c2=O)cc1. The number of nitrogen functional groups attached to an aromatic ring is 1. The van der Waals surface area contributed by atoms with Gasteiger partial charge in [-0.15, -0.1) is 0 Å². The largest absolute Gasteiger partial charge is 0.383 e. The van der Waals surface area contributed by atoms with Crippen LogP contribution in [0.1, 0.15) is 26.3 Å². The average Bonchev–Trinajstić information content (AvgIpc) is 2.76. The van der Waals surface area contributed by atoms with E-state index < -0.39 is 17.2 Å². The molecular formula is C22H23N5O4. The van der Waals surface area contributed by atoms with E-state index in [0.717, 1.165) is 10.5 Å². The topological polar surface area (TPSA) is 121 Å². The zero-order chi connectivity index (χ0) is 22.7. The first-order chi connectivity index (χ1) is 14.7. The van der Waals surface area contributed by atoms with E-state index in [1.54, 1.807) is 14.1 Å². The Morgan fingerprint density at radius 1 is 0.903 bits per heavy atom. The molecule has 0 radical (unpaired) electrons. The summed E-state index contributed by atoms with van der Waals surface area (Å²) in [4.78, 5) is 54.5. The van der Waals surface area contributed by atoms with Gasteiger partial charge in [0.15, 0.2) is 5.69 Å². The number of rotatable bonds is 5. The molecule has 0 spiro atoms. The number of nitrogens with one attached hydrogen (secondary N) is 1. The molecule has 0 aliphatic carbocycles. The number of aromatic amines is 1. The number of amides is 2. The summed E-state index contributed by atoms with van der Waals surface area (Å²) in [5, 5.41) is 0. The maximum atomic E-state index is 13.0. The first-order valence-electron chi connectivity index (χ1n) is 9.47. The predicted molar refractivity (Wildman–Crippen MR) is 118 cm³/mol. The van der Waals surface area contributed by atoms with Crippen LogP contribution in [0.5, 0.6) is 0 Å². The van der Waals surface area contributed by atoms with Gasteiger partial charge in [-0.25, -0.2) is 4.79 Å². The van der Waals surface area contributed by atoms with E-state index in [2.05, 4.69) is 4.98 Å². The number of hydrogen-bond donors (Lipinski definition) is 2. The van der Waals surface area contributed by atoms with Crippen LogP contribution >= 0.6 is 0 Å². The van der Waals surface area contributed by atoms with Crippen LogP contribution in [0, 0.1) is 0 Å². The van der Waals surface area contributed by atoms with Gasteiger partial charge in [-0.2, -0.15) is 0 Å². The molecule has 160 valence electrons. The quantitative estimate of drug-likeness (QED) is 0.640. The molecule has 0 saturated heterocycles. The zero-order valence-corrected chi connectivity index (χ0v) is 17.5. The Kier molecular flexibility index (Phi) is 6.05. The Hall–Kier alpha value is -4.14. The van der Waals surface area contributed by atoms with Crippen LogP contribution in [-0.2, 0) is 6.54 Å². The minimum Gasteiger partial charge on any atom is -0.383 e. The highest BCUT2D eigenvalue weighted by Crippen LogP contribution is 2.19. The molecule has 0 bridgehead atoms. The van der Waals surface area contributed by atoms with Crippen molar-refractivity contribution in [3.05, 3.63) is 92.1 Å². The summed E-state index contributed by atoms with van der Waals surface area (Å²) in [6.45, 7) is 0.138. The van der Waals surface area contributed by atoms with Crippen molar-refractivity contribution in [2.45, 2.75) is 6.54 Å². The third-order valence-corrected chi connectivity index (χ3v) is 4.82. The molecule has 9 nitrogen and oxygen atoms in total. The first kappa shape index (κ1) is 21.6. The smallest absolute Gasteiger partial charge is 0.330 e. The van der Waals surface area contributed by atoms with Gasteiger partial charge in [-0.05, 0) is 29.8 Å². The summed E-state index contributed by atoms with van der Waals surface area (Å²) in [5.74, 6) is -0.820. The van der Waals surface area contributed by atoms with Gasteiger partial charge >= 0.3 is 5.69 Å². The van der Waals surface area contributed by atoms with E-state index in [1.165, 1.54) is 40.8 Å². The Morgan fingerprint density at radius 3 is 2.00 bits per heavy atom. The van der Waals surface area contributed by atoms with E-state index in [9.17, 15) is 19.2 Å². The van der Waals surface area contributed by atoms with Crippen molar-refractivity contribution in [2.75, 3.05) is 31.8 Å². The third kappa shape index (κ3) is 4.40. The molecule has 0 unspecified atom stereocenters. The van der Waals surface area contributed by atoms with Crippen LogP contribution in [0.25, 0.3) is 0 Å². The van der Waals surface area contributed by atoms with E-state index >= 15 is 0 Å². The predicted octanol–water partition coefficient (Wildman–Crippen LogP) is 1.15. The molecule has 0 saturated carbocycles. The van der Waals surface area contributed by atoms with Crippen molar-refractivity contribution >= 4 is 23.3 Å². The van der Waals surface area contributed by atoms with Crippen molar-refractivity contribution in [3.8, 4) is 0 Å². The van der Waals surface area contributed by atoms with Crippen LogP contribution in [0.2, 0.25) is 0 Å². The van der Waals surface area contributed by atoms with Crippen LogP contribution in [0.3, 0.4) is 0 Å². The fourth-order valence-electron chi connectivity index (χ4n) is 3.13. The average molecular weight is 421 g/mol. The second-order valence-corrected chi connectivity index (χ2v) is 7.21. The van der Waals surface area contributed by atoms with Gasteiger partial charge in [0.2, 0.25) is 0 Å². The van der Waals surface area contributed by atoms with Gasteiger partial charge in [-0.1, -0.05) is 30.3 Å². The van der Waals surface area contributed by atoms with Gasteiger partial charge in [0.1, 0.15) is 5.82 Å². The molecule has 0 aliphatic rings. The normalized spacial score (nSPS) is 10.5. The van der Waals surface area contributed by atoms with Crippen molar-refractivity contribution in [1.29, 1.82) is 0 Å². The standard InChI is InChI=1S/C22H23N5O4/c1-25(2)20(29)15-9-11-16(12-10-15)21(30)26(3)17-18(23)27(22(31)24-19(17)28)13-14-7-5-4-6-8-14/h4-12H,13,23H2,1-3H3,(H,24,28,31). The molecule has 1 aromatic heterocycles.